The Balaban J connectivity index is 1.51. The monoisotopic (exact) mass is 339 g/mol. The molecule has 3 rings (SSSR count). The zero-order valence-electron chi connectivity index (χ0n) is 14.0. The predicted octanol–water partition coefficient (Wildman–Crippen LogP) is 4.26. The largest absolute Gasteiger partial charge is 0.494 e. The fourth-order valence-corrected chi connectivity index (χ4v) is 2.50. The number of carbonyl (C=O) groups is 1. The Labute approximate surface area is 146 Å². The minimum atomic E-state index is 0.0458. The fourth-order valence-electron chi connectivity index (χ4n) is 2.50. The highest BCUT2D eigenvalue weighted by Gasteiger charge is 2.17. The Bertz CT molecular complexity index is 699. The molecule has 0 aliphatic rings. The van der Waals surface area contributed by atoms with E-state index in [1.54, 1.807) is 17.4 Å². The summed E-state index contributed by atoms with van der Waals surface area (Å²) in [5, 5.41) is 0. The van der Waals surface area contributed by atoms with Crippen molar-refractivity contribution in [3.05, 3.63) is 78.6 Å². The molecule has 0 saturated heterocycles. The highest BCUT2D eigenvalue weighted by Crippen LogP contribution is 2.14. The second-order valence-corrected chi connectivity index (χ2v) is 5.67. The van der Waals surface area contributed by atoms with Crippen LogP contribution in [0.25, 0.3) is 0 Å². The van der Waals surface area contributed by atoms with Crippen molar-refractivity contribution in [3.63, 3.8) is 0 Å². The van der Waals surface area contributed by atoms with E-state index >= 15 is 0 Å². The van der Waals surface area contributed by atoms with E-state index in [1.165, 1.54) is 0 Å². The van der Waals surface area contributed by atoms with Gasteiger partial charge >= 0.3 is 0 Å². The van der Waals surface area contributed by atoms with Crippen molar-refractivity contribution in [1.82, 2.24) is 4.90 Å². The molecule has 0 fully saturated rings. The van der Waals surface area contributed by atoms with Crippen LogP contribution in [0.1, 0.15) is 24.4 Å². The lowest BCUT2D eigenvalue weighted by atomic mass is 10.2. The van der Waals surface area contributed by atoms with Gasteiger partial charge in [0.2, 0.25) is 5.91 Å². The number of carbonyl (C=O) groups excluding carboxylic acids is 1. The van der Waals surface area contributed by atoms with Crippen LogP contribution < -0.4 is 4.74 Å². The van der Waals surface area contributed by atoms with Crippen molar-refractivity contribution in [1.29, 1.82) is 0 Å². The van der Waals surface area contributed by atoms with E-state index in [1.807, 2.05) is 54.6 Å². The van der Waals surface area contributed by atoms with Gasteiger partial charge in [0.25, 0.3) is 0 Å². The van der Waals surface area contributed by atoms with Crippen LogP contribution in [0.2, 0.25) is 0 Å². The second-order valence-electron chi connectivity index (χ2n) is 5.67. The topological polar surface area (TPSA) is 55.8 Å². The summed E-state index contributed by atoms with van der Waals surface area (Å²) in [4.78, 5) is 14.3. The molecular weight excluding hydrogens is 318 g/mol. The summed E-state index contributed by atoms with van der Waals surface area (Å²) in [6.45, 7) is 1.35. The minimum Gasteiger partial charge on any atom is -0.494 e. The third kappa shape index (κ3) is 5.28. The summed E-state index contributed by atoms with van der Waals surface area (Å²) < 4.78 is 16.4. The molecule has 2 aromatic heterocycles. The lowest BCUT2D eigenvalue weighted by molar-refractivity contribution is -0.133. The van der Waals surface area contributed by atoms with Crippen LogP contribution in [-0.4, -0.2) is 17.4 Å². The first-order chi connectivity index (χ1) is 12.3. The molecule has 5 heteroatoms. The second kappa shape index (κ2) is 8.78. The first-order valence-corrected chi connectivity index (χ1v) is 8.31. The maximum absolute atomic E-state index is 12.6. The number of benzene rings is 1. The van der Waals surface area contributed by atoms with Crippen molar-refractivity contribution >= 4 is 5.91 Å². The third-order valence-corrected chi connectivity index (χ3v) is 3.75. The predicted molar refractivity (Wildman–Crippen MR) is 92.8 cm³/mol. The van der Waals surface area contributed by atoms with Crippen molar-refractivity contribution in [2.45, 2.75) is 25.9 Å². The van der Waals surface area contributed by atoms with Gasteiger partial charge in [-0.2, -0.15) is 0 Å². The zero-order chi connectivity index (χ0) is 17.3. The number of amides is 1. The normalized spacial score (nSPS) is 10.6. The van der Waals surface area contributed by atoms with Crippen LogP contribution in [0.15, 0.2) is 76.0 Å². The summed E-state index contributed by atoms with van der Waals surface area (Å²) in [6.07, 6.45) is 4.28. The van der Waals surface area contributed by atoms with Gasteiger partial charge in [0.15, 0.2) is 0 Å². The molecule has 0 unspecified atom stereocenters. The van der Waals surface area contributed by atoms with Gasteiger partial charge < -0.3 is 18.5 Å². The molecule has 130 valence electrons. The van der Waals surface area contributed by atoms with Gasteiger partial charge in [-0.3, -0.25) is 4.79 Å². The van der Waals surface area contributed by atoms with Crippen LogP contribution in [0.4, 0.5) is 0 Å². The van der Waals surface area contributed by atoms with Crippen LogP contribution in [0.3, 0.4) is 0 Å². The molecule has 0 aliphatic heterocycles. The molecule has 3 aromatic rings. The molecule has 0 bridgehead atoms. The molecule has 1 aromatic carbocycles. The standard InChI is InChI=1S/C20H21NO4/c22-20(11-6-14-23-17-7-2-1-3-8-17)21(15-18-9-4-12-24-18)16-19-10-5-13-25-19/h1-5,7-10,12-13H,6,11,14-16H2. The van der Waals surface area contributed by atoms with E-state index in [9.17, 15) is 4.79 Å². The summed E-state index contributed by atoms with van der Waals surface area (Å²) in [6, 6.07) is 17.0. The molecule has 0 spiro atoms. The maximum atomic E-state index is 12.6. The number of ether oxygens (including phenoxy) is 1. The van der Waals surface area contributed by atoms with Crippen molar-refractivity contribution in [2.75, 3.05) is 6.61 Å². The molecule has 0 radical (unpaired) electrons. The van der Waals surface area contributed by atoms with Crippen molar-refractivity contribution < 1.29 is 18.4 Å². The highest BCUT2D eigenvalue weighted by molar-refractivity contribution is 5.76. The molecule has 0 aliphatic carbocycles. The Morgan fingerprint density at radius 2 is 1.52 bits per heavy atom. The summed E-state index contributed by atoms with van der Waals surface area (Å²) >= 11 is 0. The van der Waals surface area contributed by atoms with Crippen LogP contribution in [0.5, 0.6) is 5.75 Å². The average molecular weight is 339 g/mol. The number of para-hydroxylation sites is 1. The van der Waals surface area contributed by atoms with E-state index in [2.05, 4.69) is 0 Å². The molecule has 5 nitrogen and oxygen atoms in total. The number of hydrogen-bond acceptors (Lipinski definition) is 4. The van der Waals surface area contributed by atoms with E-state index in [4.69, 9.17) is 13.6 Å². The van der Waals surface area contributed by atoms with Gasteiger partial charge in [-0.15, -0.1) is 0 Å². The fraction of sp³-hybridized carbons (Fsp3) is 0.250. The van der Waals surface area contributed by atoms with E-state index < -0.39 is 0 Å². The number of furan rings is 2. The summed E-state index contributed by atoms with van der Waals surface area (Å²) in [5.41, 5.74) is 0. The Morgan fingerprint density at radius 3 is 2.08 bits per heavy atom. The summed E-state index contributed by atoms with van der Waals surface area (Å²) in [7, 11) is 0. The maximum Gasteiger partial charge on any atom is 0.223 e. The Kier molecular flexibility index (Phi) is 5.93. The minimum absolute atomic E-state index is 0.0458. The zero-order valence-corrected chi connectivity index (χ0v) is 14.0. The SMILES string of the molecule is O=C(CCCOc1ccccc1)N(Cc1ccco1)Cc1ccco1. The lowest BCUT2D eigenvalue weighted by Crippen LogP contribution is -2.30. The van der Waals surface area contributed by atoms with Gasteiger partial charge in [0.05, 0.1) is 32.2 Å². The molecule has 1 amide bonds. The van der Waals surface area contributed by atoms with Gasteiger partial charge in [-0.1, -0.05) is 18.2 Å². The lowest BCUT2D eigenvalue weighted by Gasteiger charge is -2.20. The molecule has 0 atom stereocenters. The summed E-state index contributed by atoms with van der Waals surface area (Å²) in [5.74, 6) is 2.36. The molecule has 0 N–H and O–H groups in total. The molecule has 0 saturated carbocycles. The van der Waals surface area contributed by atoms with Crippen molar-refractivity contribution in [2.24, 2.45) is 0 Å². The van der Waals surface area contributed by atoms with E-state index in [-0.39, 0.29) is 5.91 Å². The average Bonchev–Trinajstić information content (AvgIpc) is 3.33. The van der Waals surface area contributed by atoms with Crippen LogP contribution >= 0.6 is 0 Å². The highest BCUT2D eigenvalue weighted by atomic mass is 16.5. The number of nitrogens with zero attached hydrogens (tertiary/aromatic N) is 1. The first kappa shape index (κ1) is 16.9. The molecular formula is C20H21NO4. The van der Waals surface area contributed by atoms with Gasteiger partial charge in [-0.25, -0.2) is 0 Å². The van der Waals surface area contributed by atoms with Crippen LogP contribution in [-0.2, 0) is 17.9 Å². The molecule has 25 heavy (non-hydrogen) atoms. The van der Waals surface area contributed by atoms with Gasteiger partial charge in [0.1, 0.15) is 17.3 Å². The van der Waals surface area contributed by atoms with E-state index in [0.29, 0.717) is 32.5 Å². The van der Waals surface area contributed by atoms with Crippen LogP contribution in [0, 0.1) is 0 Å². The van der Waals surface area contributed by atoms with E-state index in [0.717, 1.165) is 17.3 Å². The number of hydrogen-bond donors (Lipinski definition) is 0. The Hall–Kier alpha value is -2.95. The first-order valence-electron chi connectivity index (χ1n) is 8.31. The number of rotatable bonds is 9. The Morgan fingerprint density at radius 1 is 0.880 bits per heavy atom. The third-order valence-electron chi connectivity index (χ3n) is 3.75. The smallest absolute Gasteiger partial charge is 0.223 e. The van der Waals surface area contributed by atoms with Gasteiger partial charge in [-0.05, 0) is 42.8 Å². The quantitative estimate of drug-likeness (QED) is 0.547. The van der Waals surface area contributed by atoms with Crippen molar-refractivity contribution in [3.8, 4) is 5.75 Å². The molecule has 2 heterocycles. The van der Waals surface area contributed by atoms with Gasteiger partial charge in [0, 0.05) is 6.42 Å².